The largest absolute Gasteiger partial charge is 0.349 e. The van der Waals surface area contributed by atoms with Crippen molar-refractivity contribution in [1.82, 2.24) is 14.9 Å². The molecule has 9 rings (SSSR count). The van der Waals surface area contributed by atoms with E-state index >= 15 is 0 Å². The van der Waals surface area contributed by atoms with Gasteiger partial charge in [0.05, 0.1) is 34.8 Å². The highest BCUT2D eigenvalue weighted by Gasteiger charge is 2.27. The van der Waals surface area contributed by atoms with Crippen LogP contribution < -0.4 is 10.6 Å². The molecule has 6 aromatic rings. The van der Waals surface area contributed by atoms with Gasteiger partial charge in [0.1, 0.15) is 11.7 Å². The number of nitrogens with zero attached hydrogens (tertiary/aromatic N) is 3. The topological polar surface area (TPSA) is 71.3 Å². The van der Waals surface area contributed by atoms with E-state index in [4.69, 9.17) is 9.98 Å². The Morgan fingerprint density at radius 2 is 1.41 bits per heavy atom. The van der Waals surface area contributed by atoms with E-state index in [1.807, 2.05) is 24.3 Å². The zero-order valence-corrected chi connectivity index (χ0v) is 31.8. The van der Waals surface area contributed by atoms with Gasteiger partial charge in [-0.3, -0.25) is 9.79 Å². The van der Waals surface area contributed by atoms with Gasteiger partial charge >= 0.3 is 0 Å². The van der Waals surface area contributed by atoms with E-state index < -0.39 is 0 Å². The second-order valence-electron chi connectivity index (χ2n) is 13.2. The minimum absolute atomic E-state index is 0.170. The van der Waals surface area contributed by atoms with Crippen molar-refractivity contribution in [3.63, 3.8) is 0 Å². The summed E-state index contributed by atoms with van der Waals surface area (Å²) in [5.41, 5.74) is 8.55. The number of aryl methyl sites for hydroxylation is 2. The molecule has 3 aliphatic heterocycles. The van der Waals surface area contributed by atoms with Crippen molar-refractivity contribution in [2.45, 2.75) is 63.6 Å². The van der Waals surface area contributed by atoms with Crippen LogP contribution in [-0.4, -0.2) is 21.3 Å². The van der Waals surface area contributed by atoms with E-state index in [2.05, 4.69) is 157 Å². The van der Waals surface area contributed by atoms with E-state index in [1.165, 1.54) is 33.6 Å². The third-order valence-electron chi connectivity index (χ3n) is 9.61. The number of carbonyl (C=O) groups excluding carboxylic acids is 1. The van der Waals surface area contributed by atoms with Crippen LogP contribution in [0.25, 0.3) is 11.0 Å². The third-order valence-corrected chi connectivity index (χ3v) is 10.8. The molecule has 0 spiro atoms. The van der Waals surface area contributed by atoms with Gasteiger partial charge in [0.15, 0.2) is 0 Å². The lowest BCUT2D eigenvalue weighted by Gasteiger charge is -2.14. The Hall–Kier alpha value is -4.53. The molecule has 0 unspecified atom stereocenters. The first-order valence-corrected chi connectivity index (χ1v) is 19.2. The maximum atomic E-state index is 10.9. The molecule has 4 heterocycles. The van der Waals surface area contributed by atoms with Crippen molar-refractivity contribution in [2.24, 2.45) is 4.99 Å². The first kappa shape index (κ1) is 34.9. The van der Waals surface area contributed by atoms with Crippen molar-refractivity contribution in [2.75, 3.05) is 5.32 Å². The zero-order chi connectivity index (χ0) is 35.2. The average molecular weight is 804 g/mol. The van der Waals surface area contributed by atoms with Crippen LogP contribution in [0.15, 0.2) is 141 Å². The van der Waals surface area contributed by atoms with Crippen LogP contribution >= 0.6 is 31.9 Å². The Bertz CT molecular complexity index is 2130. The minimum Gasteiger partial charge on any atom is -0.349 e. The van der Waals surface area contributed by atoms with Crippen molar-refractivity contribution in [3.05, 3.63) is 164 Å². The van der Waals surface area contributed by atoms with Gasteiger partial charge < -0.3 is 15.2 Å². The number of aromatic nitrogens is 2. The van der Waals surface area contributed by atoms with Gasteiger partial charge in [0, 0.05) is 28.2 Å². The van der Waals surface area contributed by atoms with Crippen LogP contribution in [0.3, 0.4) is 0 Å². The molecule has 1 fully saturated rings. The molecule has 258 valence electrons. The second-order valence-corrected chi connectivity index (χ2v) is 15.0. The van der Waals surface area contributed by atoms with Gasteiger partial charge in [-0.05, 0) is 94.7 Å². The standard InChI is InChI=1S/C17H17BrN2.C16H13BrN2.C10H11NO/c1-12-7-8-16(14(18)11-12)20-17-10-9-15(19-17)13-5-3-2-4-6-13;17-12-6-7-13-15(10-12)19-14(8-9-16(19)18-13)11-4-2-1-3-5-11;12-10-7-6-9(11-10)8-4-2-1-3-5-8/h2-8,11,15H,9-10H2,1H3,(H,19,20);1-7,10,14H,8-9H2;1-5,9H,6-7H2,(H,11,12)/t15-;14-;9-/m111/s1. The summed E-state index contributed by atoms with van der Waals surface area (Å²) in [6.07, 6.45) is 5.89. The lowest BCUT2D eigenvalue weighted by Crippen LogP contribution is -2.17. The number of amides is 1. The number of hydrogen-bond acceptors (Lipinski definition) is 4. The molecule has 0 saturated carbocycles. The summed E-state index contributed by atoms with van der Waals surface area (Å²) in [7, 11) is 0. The van der Waals surface area contributed by atoms with E-state index in [0.717, 1.165) is 58.1 Å². The van der Waals surface area contributed by atoms with Crippen molar-refractivity contribution in [1.29, 1.82) is 0 Å². The van der Waals surface area contributed by atoms with E-state index in [9.17, 15) is 4.79 Å². The van der Waals surface area contributed by atoms with Crippen LogP contribution in [0.1, 0.15) is 78.3 Å². The highest BCUT2D eigenvalue weighted by atomic mass is 79.9. The number of fused-ring (bicyclic) bond motifs is 3. The van der Waals surface area contributed by atoms with Gasteiger partial charge in [0.2, 0.25) is 5.91 Å². The molecule has 0 bridgehead atoms. The summed E-state index contributed by atoms with van der Waals surface area (Å²) >= 11 is 7.16. The highest BCUT2D eigenvalue weighted by Crippen LogP contribution is 2.36. The Morgan fingerprint density at radius 1 is 0.725 bits per heavy atom. The van der Waals surface area contributed by atoms with Gasteiger partial charge in [-0.15, -0.1) is 0 Å². The van der Waals surface area contributed by atoms with Crippen LogP contribution in [0, 0.1) is 6.92 Å². The van der Waals surface area contributed by atoms with Crippen LogP contribution in [-0.2, 0) is 11.2 Å². The van der Waals surface area contributed by atoms with Crippen molar-refractivity contribution in [3.8, 4) is 0 Å². The predicted octanol–water partition coefficient (Wildman–Crippen LogP) is 11.1. The normalized spacial score (nSPS) is 18.9. The Kier molecular flexibility index (Phi) is 11.1. The molecular weight excluding hydrogens is 762 g/mol. The zero-order valence-electron chi connectivity index (χ0n) is 28.6. The third kappa shape index (κ3) is 8.51. The van der Waals surface area contributed by atoms with Gasteiger partial charge in [0.25, 0.3) is 0 Å². The smallest absolute Gasteiger partial charge is 0.220 e. The number of imidazole rings is 1. The summed E-state index contributed by atoms with van der Waals surface area (Å²) in [5.74, 6) is 2.45. The molecular formula is C43H41Br2N5O. The number of aliphatic imine (C=N–C) groups is 1. The number of amidine groups is 1. The molecule has 0 aliphatic carbocycles. The maximum Gasteiger partial charge on any atom is 0.220 e. The predicted molar refractivity (Wildman–Crippen MR) is 215 cm³/mol. The molecule has 2 N–H and O–H groups in total. The lowest BCUT2D eigenvalue weighted by molar-refractivity contribution is -0.119. The van der Waals surface area contributed by atoms with Gasteiger partial charge in [-0.1, -0.05) is 113 Å². The van der Waals surface area contributed by atoms with Crippen LogP contribution in [0.5, 0.6) is 0 Å². The fourth-order valence-corrected chi connectivity index (χ4v) is 8.00. The highest BCUT2D eigenvalue weighted by molar-refractivity contribution is 9.10. The summed E-state index contributed by atoms with van der Waals surface area (Å²) in [4.78, 5) is 20.5. The SMILES string of the molecule is Brc1ccc2nc3n(c2c1)[C@@H](c1ccccc1)CC3.Cc1ccc(NC2=N[C@@H](c3ccccc3)CC2)c(Br)c1.O=C1CC[C@H](c2ccccc2)N1. The van der Waals surface area contributed by atoms with E-state index in [-0.39, 0.29) is 11.9 Å². The van der Waals surface area contributed by atoms with Gasteiger partial charge in [-0.2, -0.15) is 0 Å². The Balaban J connectivity index is 0.000000123. The molecule has 5 aromatic carbocycles. The first-order valence-electron chi connectivity index (χ1n) is 17.6. The summed E-state index contributed by atoms with van der Waals surface area (Å²) in [6.45, 7) is 2.09. The molecule has 3 aliphatic rings. The van der Waals surface area contributed by atoms with E-state index in [1.54, 1.807) is 0 Å². The van der Waals surface area contributed by atoms with Crippen LogP contribution in [0.4, 0.5) is 5.69 Å². The Morgan fingerprint density at radius 3 is 2.08 bits per heavy atom. The number of nitrogens with one attached hydrogen (secondary N) is 2. The molecule has 8 heteroatoms. The molecule has 51 heavy (non-hydrogen) atoms. The number of hydrogen-bond donors (Lipinski definition) is 2. The molecule has 6 nitrogen and oxygen atoms in total. The quantitative estimate of drug-likeness (QED) is 0.186. The fourth-order valence-electron chi connectivity index (χ4n) is 7.05. The number of rotatable bonds is 4. The number of carbonyl (C=O) groups is 1. The van der Waals surface area contributed by atoms with Gasteiger partial charge in [-0.25, -0.2) is 4.98 Å². The molecule has 3 atom stereocenters. The molecule has 0 radical (unpaired) electrons. The fraction of sp³-hybridized carbons (Fsp3) is 0.233. The molecule has 1 amide bonds. The summed E-state index contributed by atoms with van der Waals surface area (Å²) in [6, 6.07) is 44.9. The van der Waals surface area contributed by atoms with Crippen molar-refractivity contribution < 1.29 is 4.79 Å². The summed E-state index contributed by atoms with van der Waals surface area (Å²) < 4.78 is 4.60. The minimum atomic E-state index is 0.170. The molecule has 1 aromatic heterocycles. The summed E-state index contributed by atoms with van der Waals surface area (Å²) in [5, 5.41) is 6.37. The number of benzene rings is 5. The monoisotopic (exact) mass is 801 g/mol. The maximum absolute atomic E-state index is 10.9. The van der Waals surface area contributed by atoms with Crippen LogP contribution in [0.2, 0.25) is 0 Å². The van der Waals surface area contributed by atoms with Crippen molar-refractivity contribution >= 4 is 60.3 Å². The number of halogens is 2. The lowest BCUT2D eigenvalue weighted by atomic mass is 10.0. The van der Waals surface area contributed by atoms with E-state index in [0.29, 0.717) is 18.5 Å². The molecule has 1 saturated heterocycles. The average Bonchev–Trinajstić information content (AvgIpc) is 3.97. The second kappa shape index (κ2) is 16.2. The number of anilines is 1. The Labute approximate surface area is 316 Å². The first-order chi connectivity index (χ1) is 24.9.